The fourth-order valence-electron chi connectivity index (χ4n) is 1.41. The van der Waals surface area contributed by atoms with Crippen molar-refractivity contribution in [2.24, 2.45) is 0 Å². The predicted octanol–water partition coefficient (Wildman–Crippen LogP) is 0.882. The van der Waals surface area contributed by atoms with Gasteiger partial charge in [0, 0.05) is 19.0 Å². The molecule has 110 valence electrons. The Kier molecular flexibility index (Phi) is 9.20. The standard InChI is InChI=1S/C12H22N2O5/c1-3-9(8-10(15)16)14-12(18)13-7-5-6-11(17)19-4-2/h9H,3-8H2,1-2H3,(H,15,16)(H2,13,14,18). The minimum absolute atomic E-state index is 0.104. The summed E-state index contributed by atoms with van der Waals surface area (Å²) in [5.41, 5.74) is 0. The molecule has 0 bridgehead atoms. The number of hydrogen-bond donors (Lipinski definition) is 3. The van der Waals surface area contributed by atoms with Crippen LogP contribution >= 0.6 is 0 Å². The monoisotopic (exact) mass is 274 g/mol. The van der Waals surface area contributed by atoms with E-state index in [4.69, 9.17) is 9.84 Å². The molecule has 0 aromatic rings. The van der Waals surface area contributed by atoms with Crippen LogP contribution in [0.15, 0.2) is 0 Å². The average molecular weight is 274 g/mol. The summed E-state index contributed by atoms with van der Waals surface area (Å²) in [5, 5.41) is 13.8. The Morgan fingerprint density at radius 1 is 1.26 bits per heavy atom. The van der Waals surface area contributed by atoms with Gasteiger partial charge in [-0.15, -0.1) is 0 Å². The first-order valence-electron chi connectivity index (χ1n) is 6.41. The number of esters is 1. The van der Waals surface area contributed by atoms with Crippen LogP contribution in [0.4, 0.5) is 4.79 Å². The smallest absolute Gasteiger partial charge is 0.315 e. The molecule has 2 amide bonds. The van der Waals surface area contributed by atoms with Crippen LogP contribution in [0.1, 0.15) is 39.5 Å². The number of carbonyl (C=O) groups excluding carboxylic acids is 2. The van der Waals surface area contributed by atoms with Crippen LogP contribution in [0.3, 0.4) is 0 Å². The molecule has 0 heterocycles. The zero-order valence-electron chi connectivity index (χ0n) is 11.4. The lowest BCUT2D eigenvalue weighted by Gasteiger charge is -2.15. The van der Waals surface area contributed by atoms with Crippen molar-refractivity contribution in [3.8, 4) is 0 Å². The first kappa shape index (κ1) is 17.2. The number of ether oxygens (including phenoxy) is 1. The van der Waals surface area contributed by atoms with Gasteiger partial charge in [0.05, 0.1) is 13.0 Å². The minimum Gasteiger partial charge on any atom is -0.481 e. The number of nitrogens with one attached hydrogen (secondary N) is 2. The third-order valence-corrected chi connectivity index (χ3v) is 2.40. The SMILES string of the molecule is CCOC(=O)CCCNC(=O)NC(CC)CC(=O)O. The highest BCUT2D eigenvalue weighted by Gasteiger charge is 2.13. The van der Waals surface area contributed by atoms with Crippen molar-refractivity contribution < 1.29 is 24.2 Å². The zero-order chi connectivity index (χ0) is 14.7. The Hall–Kier alpha value is -1.79. The van der Waals surface area contributed by atoms with E-state index in [-0.39, 0.29) is 24.9 Å². The lowest BCUT2D eigenvalue weighted by molar-refractivity contribution is -0.143. The molecule has 0 aliphatic carbocycles. The largest absolute Gasteiger partial charge is 0.481 e. The summed E-state index contributed by atoms with van der Waals surface area (Å²) in [7, 11) is 0. The number of hydrogen-bond acceptors (Lipinski definition) is 4. The summed E-state index contributed by atoms with van der Waals surface area (Å²) in [6, 6.07) is -0.806. The second kappa shape index (κ2) is 10.2. The van der Waals surface area contributed by atoms with Gasteiger partial charge in [0.2, 0.25) is 0 Å². The van der Waals surface area contributed by atoms with Crippen LogP contribution in [-0.4, -0.2) is 42.3 Å². The van der Waals surface area contributed by atoms with Crippen molar-refractivity contribution in [2.45, 2.75) is 45.6 Å². The van der Waals surface area contributed by atoms with Gasteiger partial charge in [-0.3, -0.25) is 9.59 Å². The Morgan fingerprint density at radius 2 is 1.95 bits per heavy atom. The third kappa shape index (κ3) is 9.87. The predicted molar refractivity (Wildman–Crippen MR) is 68.7 cm³/mol. The Morgan fingerprint density at radius 3 is 2.47 bits per heavy atom. The highest BCUT2D eigenvalue weighted by Crippen LogP contribution is 1.97. The molecule has 0 aromatic heterocycles. The first-order chi connectivity index (χ1) is 8.99. The maximum absolute atomic E-state index is 11.4. The summed E-state index contributed by atoms with van der Waals surface area (Å²) in [6.45, 7) is 4.22. The van der Waals surface area contributed by atoms with Gasteiger partial charge in [0.15, 0.2) is 0 Å². The first-order valence-corrected chi connectivity index (χ1v) is 6.41. The second-order valence-corrected chi connectivity index (χ2v) is 4.01. The number of aliphatic carboxylic acids is 1. The molecule has 7 heteroatoms. The van der Waals surface area contributed by atoms with Crippen LogP contribution in [0.2, 0.25) is 0 Å². The van der Waals surface area contributed by atoms with Crippen molar-refractivity contribution in [2.75, 3.05) is 13.2 Å². The highest BCUT2D eigenvalue weighted by atomic mass is 16.5. The van der Waals surface area contributed by atoms with Gasteiger partial charge in [0.1, 0.15) is 0 Å². The molecule has 1 unspecified atom stereocenters. The summed E-state index contributed by atoms with van der Waals surface area (Å²) in [6.07, 6.45) is 1.18. The van der Waals surface area contributed by atoms with Gasteiger partial charge >= 0.3 is 18.0 Å². The number of carboxylic acids is 1. The van der Waals surface area contributed by atoms with E-state index < -0.39 is 12.0 Å². The summed E-state index contributed by atoms with van der Waals surface area (Å²) in [4.78, 5) is 33.0. The van der Waals surface area contributed by atoms with Crippen LogP contribution in [0.25, 0.3) is 0 Å². The Labute approximate surface area is 112 Å². The Balaban J connectivity index is 3.74. The number of rotatable bonds is 9. The zero-order valence-corrected chi connectivity index (χ0v) is 11.4. The van der Waals surface area contributed by atoms with Gasteiger partial charge < -0.3 is 20.5 Å². The molecule has 0 aliphatic rings. The molecule has 1 atom stereocenters. The maximum Gasteiger partial charge on any atom is 0.315 e. The van der Waals surface area contributed by atoms with E-state index in [1.165, 1.54) is 0 Å². The van der Waals surface area contributed by atoms with E-state index in [9.17, 15) is 14.4 Å². The van der Waals surface area contributed by atoms with Crippen LogP contribution in [0.5, 0.6) is 0 Å². The van der Waals surface area contributed by atoms with Gasteiger partial charge in [-0.1, -0.05) is 6.92 Å². The van der Waals surface area contributed by atoms with E-state index >= 15 is 0 Å². The molecule has 19 heavy (non-hydrogen) atoms. The Bertz CT molecular complexity index is 306. The van der Waals surface area contributed by atoms with Crippen molar-refractivity contribution in [1.82, 2.24) is 10.6 Å². The molecule has 0 radical (unpaired) electrons. The summed E-state index contributed by atoms with van der Waals surface area (Å²) < 4.78 is 4.74. The summed E-state index contributed by atoms with van der Waals surface area (Å²) in [5.74, 6) is -1.24. The maximum atomic E-state index is 11.4. The van der Waals surface area contributed by atoms with E-state index in [1.807, 2.05) is 0 Å². The molecule has 7 nitrogen and oxygen atoms in total. The fourth-order valence-corrected chi connectivity index (χ4v) is 1.41. The molecule has 0 rings (SSSR count). The average Bonchev–Trinajstić information content (AvgIpc) is 2.33. The molecule has 3 N–H and O–H groups in total. The number of amides is 2. The summed E-state index contributed by atoms with van der Waals surface area (Å²) >= 11 is 0. The molecule has 0 aliphatic heterocycles. The fraction of sp³-hybridized carbons (Fsp3) is 0.750. The third-order valence-electron chi connectivity index (χ3n) is 2.40. The van der Waals surface area contributed by atoms with E-state index in [0.29, 0.717) is 26.0 Å². The van der Waals surface area contributed by atoms with Gasteiger partial charge in [-0.25, -0.2) is 4.79 Å². The van der Waals surface area contributed by atoms with Crippen LogP contribution < -0.4 is 10.6 Å². The van der Waals surface area contributed by atoms with Crippen molar-refractivity contribution in [3.63, 3.8) is 0 Å². The van der Waals surface area contributed by atoms with Gasteiger partial charge in [-0.2, -0.15) is 0 Å². The van der Waals surface area contributed by atoms with Gasteiger partial charge in [-0.05, 0) is 19.8 Å². The number of carboxylic acid groups (broad SMARTS) is 1. The van der Waals surface area contributed by atoms with Gasteiger partial charge in [0.25, 0.3) is 0 Å². The number of urea groups is 1. The van der Waals surface area contributed by atoms with E-state index in [1.54, 1.807) is 13.8 Å². The van der Waals surface area contributed by atoms with Crippen LogP contribution in [0, 0.1) is 0 Å². The molecule has 0 saturated heterocycles. The van der Waals surface area contributed by atoms with Crippen molar-refractivity contribution >= 4 is 18.0 Å². The second-order valence-electron chi connectivity index (χ2n) is 4.01. The topological polar surface area (TPSA) is 105 Å². The molecule has 0 aromatic carbocycles. The molecular formula is C12H22N2O5. The molecular weight excluding hydrogens is 252 g/mol. The molecule has 0 saturated carbocycles. The minimum atomic E-state index is -0.950. The van der Waals surface area contributed by atoms with Crippen molar-refractivity contribution in [3.05, 3.63) is 0 Å². The van der Waals surface area contributed by atoms with Crippen LogP contribution in [-0.2, 0) is 14.3 Å². The van der Waals surface area contributed by atoms with Crippen molar-refractivity contribution in [1.29, 1.82) is 0 Å². The van der Waals surface area contributed by atoms with E-state index in [2.05, 4.69) is 10.6 Å². The quantitative estimate of drug-likeness (QED) is 0.427. The van der Waals surface area contributed by atoms with E-state index in [0.717, 1.165) is 0 Å². The normalized spacial score (nSPS) is 11.5. The lowest BCUT2D eigenvalue weighted by Crippen LogP contribution is -2.43. The lowest BCUT2D eigenvalue weighted by atomic mass is 10.1. The molecule has 0 spiro atoms. The highest BCUT2D eigenvalue weighted by molar-refractivity contribution is 5.75. The number of carbonyl (C=O) groups is 3. The molecule has 0 fully saturated rings.